The summed E-state index contributed by atoms with van der Waals surface area (Å²) in [5.41, 5.74) is 1.46. The molecule has 2 aromatic rings. The number of nitrogens with zero attached hydrogens (tertiary/aromatic N) is 2. The van der Waals surface area contributed by atoms with E-state index in [4.69, 9.17) is 0 Å². The summed E-state index contributed by atoms with van der Waals surface area (Å²) in [6, 6.07) is 10.5. The molecule has 1 amide bonds. The summed E-state index contributed by atoms with van der Waals surface area (Å²) in [6.07, 6.45) is 3.52. The number of hydrogen-bond donors (Lipinski definition) is 2. The first-order chi connectivity index (χ1) is 12.6. The van der Waals surface area contributed by atoms with Crippen LogP contribution in [0.1, 0.15) is 38.7 Å². The number of hydrogen-bond acceptors (Lipinski definition) is 6. The van der Waals surface area contributed by atoms with E-state index in [-0.39, 0.29) is 11.3 Å². The summed E-state index contributed by atoms with van der Waals surface area (Å²) in [5.74, 6) is 0.997. The lowest BCUT2D eigenvalue weighted by molar-refractivity contribution is -0.119. The molecule has 1 aromatic carbocycles. The number of aromatic nitrogens is 2. The number of thioether (sulfide) groups is 1. The first kappa shape index (κ1) is 19.2. The van der Waals surface area contributed by atoms with Gasteiger partial charge in [0.2, 0.25) is 11.0 Å². The highest BCUT2D eigenvalue weighted by molar-refractivity contribution is 8.01. The number of amides is 1. The monoisotopic (exact) mass is 390 g/mol. The molecule has 0 spiro atoms. The van der Waals surface area contributed by atoms with Crippen LogP contribution in [-0.2, 0) is 10.2 Å². The minimum absolute atomic E-state index is 0.0593. The number of rotatable bonds is 9. The lowest BCUT2D eigenvalue weighted by Crippen LogP contribution is -2.46. The maximum atomic E-state index is 12.3. The Labute approximate surface area is 163 Å². The number of carbonyl (C=O) groups is 1. The van der Waals surface area contributed by atoms with Gasteiger partial charge in [-0.15, -0.1) is 10.2 Å². The number of nitrogens with one attached hydrogen (secondary N) is 2. The van der Waals surface area contributed by atoms with Crippen molar-refractivity contribution in [1.82, 2.24) is 15.5 Å². The first-order valence-corrected chi connectivity index (χ1v) is 10.9. The topological polar surface area (TPSA) is 66.9 Å². The summed E-state index contributed by atoms with van der Waals surface area (Å²) in [5, 5.41) is 15.5. The molecule has 1 heterocycles. The standard InChI is InChI=1S/C19H26N4OS2/c1-14(2)11-20-17-22-23-18(26-17)25-12-16(24)21-13-19(9-6-10-19)15-7-4-3-5-8-15/h3-5,7-8,14H,6,9-13H2,1-2H3,(H,20,22)(H,21,24). The smallest absolute Gasteiger partial charge is 0.230 e. The first-order valence-electron chi connectivity index (χ1n) is 9.10. The highest BCUT2D eigenvalue weighted by Crippen LogP contribution is 2.43. The van der Waals surface area contributed by atoms with Crippen molar-refractivity contribution in [3.8, 4) is 0 Å². The third-order valence-electron chi connectivity index (χ3n) is 4.72. The van der Waals surface area contributed by atoms with Gasteiger partial charge in [-0.1, -0.05) is 73.7 Å². The van der Waals surface area contributed by atoms with E-state index in [1.54, 1.807) is 0 Å². The van der Waals surface area contributed by atoms with Gasteiger partial charge in [-0.05, 0) is 24.3 Å². The van der Waals surface area contributed by atoms with Crippen molar-refractivity contribution in [2.45, 2.75) is 42.9 Å². The van der Waals surface area contributed by atoms with Crippen LogP contribution in [0.5, 0.6) is 0 Å². The van der Waals surface area contributed by atoms with Crippen LogP contribution >= 0.6 is 23.1 Å². The summed E-state index contributed by atoms with van der Waals surface area (Å²) < 4.78 is 0.827. The van der Waals surface area contributed by atoms with Crippen molar-refractivity contribution in [3.63, 3.8) is 0 Å². The molecule has 140 valence electrons. The van der Waals surface area contributed by atoms with Gasteiger partial charge in [0.05, 0.1) is 5.75 Å². The lowest BCUT2D eigenvalue weighted by atomic mass is 9.64. The van der Waals surface area contributed by atoms with Gasteiger partial charge in [0.15, 0.2) is 4.34 Å². The number of benzene rings is 1. The summed E-state index contributed by atoms with van der Waals surface area (Å²) in [4.78, 5) is 12.3. The second kappa shape index (κ2) is 8.86. The van der Waals surface area contributed by atoms with Crippen molar-refractivity contribution in [2.24, 2.45) is 5.92 Å². The van der Waals surface area contributed by atoms with Crippen LogP contribution in [0, 0.1) is 5.92 Å². The molecule has 1 aliphatic rings. The van der Waals surface area contributed by atoms with Gasteiger partial charge in [-0.3, -0.25) is 4.79 Å². The van der Waals surface area contributed by atoms with E-state index < -0.39 is 0 Å². The van der Waals surface area contributed by atoms with Gasteiger partial charge >= 0.3 is 0 Å². The van der Waals surface area contributed by atoms with Crippen molar-refractivity contribution in [2.75, 3.05) is 24.2 Å². The Hall–Kier alpha value is -1.60. The largest absolute Gasteiger partial charge is 0.360 e. The van der Waals surface area contributed by atoms with Crippen LogP contribution in [0.25, 0.3) is 0 Å². The lowest BCUT2D eigenvalue weighted by Gasteiger charge is -2.42. The quantitative estimate of drug-likeness (QED) is 0.635. The summed E-state index contributed by atoms with van der Waals surface area (Å²) >= 11 is 2.95. The normalized spacial score (nSPS) is 15.5. The molecule has 1 aromatic heterocycles. The fraction of sp³-hybridized carbons (Fsp3) is 0.526. The van der Waals surface area contributed by atoms with E-state index in [9.17, 15) is 4.79 Å². The van der Waals surface area contributed by atoms with E-state index in [2.05, 4.69) is 58.9 Å². The maximum absolute atomic E-state index is 12.3. The van der Waals surface area contributed by atoms with Crippen LogP contribution in [0.3, 0.4) is 0 Å². The Bertz CT molecular complexity index is 713. The fourth-order valence-corrected chi connectivity index (χ4v) is 4.63. The Kier molecular flexibility index (Phi) is 6.53. The molecule has 1 fully saturated rings. The van der Waals surface area contributed by atoms with E-state index >= 15 is 0 Å². The Morgan fingerprint density at radius 3 is 2.69 bits per heavy atom. The second-order valence-corrected chi connectivity index (χ2v) is 9.41. The highest BCUT2D eigenvalue weighted by Gasteiger charge is 2.38. The third-order valence-corrected chi connectivity index (χ3v) is 6.73. The maximum Gasteiger partial charge on any atom is 0.230 e. The van der Waals surface area contributed by atoms with Gasteiger partial charge < -0.3 is 10.6 Å². The zero-order valence-electron chi connectivity index (χ0n) is 15.3. The molecule has 0 aliphatic heterocycles. The van der Waals surface area contributed by atoms with Crippen LogP contribution in [0.4, 0.5) is 5.13 Å². The third kappa shape index (κ3) is 4.98. The molecule has 3 rings (SSSR count). The SMILES string of the molecule is CC(C)CNc1nnc(SCC(=O)NCC2(c3ccccc3)CCC2)s1. The summed E-state index contributed by atoms with van der Waals surface area (Å²) in [6.45, 7) is 5.89. The van der Waals surface area contributed by atoms with Gasteiger partial charge in [0, 0.05) is 18.5 Å². The Balaban J connectivity index is 1.44. The molecular formula is C19H26N4OS2. The second-order valence-electron chi connectivity index (χ2n) is 7.21. The number of anilines is 1. The molecule has 2 N–H and O–H groups in total. The minimum Gasteiger partial charge on any atom is -0.360 e. The van der Waals surface area contributed by atoms with E-state index in [1.165, 1.54) is 35.1 Å². The molecule has 0 unspecified atom stereocenters. The van der Waals surface area contributed by atoms with Crippen LogP contribution in [0.2, 0.25) is 0 Å². The molecule has 0 atom stereocenters. The molecule has 7 heteroatoms. The van der Waals surface area contributed by atoms with Gasteiger partial charge in [-0.2, -0.15) is 0 Å². The zero-order chi connectivity index (χ0) is 18.4. The van der Waals surface area contributed by atoms with Crippen LogP contribution < -0.4 is 10.6 Å². The molecule has 0 radical (unpaired) electrons. The summed E-state index contributed by atoms with van der Waals surface area (Å²) in [7, 11) is 0. The average Bonchev–Trinajstić information content (AvgIpc) is 3.06. The zero-order valence-corrected chi connectivity index (χ0v) is 17.0. The minimum atomic E-state index is 0.0593. The average molecular weight is 391 g/mol. The van der Waals surface area contributed by atoms with Gasteiger partial charge in [0.1, 0.15) is 0 Å². The molecule has 0 bridgehead atoms. The van der Waals surface area contributed by atoms with Crippen LogP contribution in [-0.4, -0.2) is 34.9 Å². The van der Waals surface area contributed by atoms with Crippen molar-refractivity contribution in [1.29, 1.82) is 0 Å². The van der Waals surface area contributed by atoms with Gasteiger partial charge in [0.25, 0.3) is 0 Å². The number of carbonyl (C=O) groups excluding carboxylic acids is 1. The molecule has 26 heavy (non-hydrogen) atoms. The Morgan fingerprint density at radius 2 is 2.04 bits per heavy atom. The van der Waals surface area contributed by atoms with Crippen LogP contribution in [0.15, 0.2) is 34.7 Å². The highest BCUT2D eigenvalue weighted by atomic mass is 32.2. The molecular weight excluding hydrogens is 364 g/mol. The molecule has 0 saturated heterocycles. The van der Waals surface area contributed by atoms with Crippen molar-refractivity contribution in [3.05, 3.63) is 35.9 Å². The fourth-order valence-electron chi connectivity index (χ4n) is 3.04. The van der Waals surface area contributed by atoms with E-state index in [1.807, 2.05) is 6.07 Å². The van der Waals surface area contributed by atoms with Crippen molar-refractivity contribution < 1.29 is 4.79 Å². The molecule has 5 nitrogen and oxygen atoms in total. The van der Waals surface area contributed by atoms with E-state index in [0.29, 0.717) is 18.2 Å². The predicted octanol–water partition coefficient (Wildman–Crippen LogP) is 3.94. The molecule has 1 saturated carbocycles. The van der Waals surface area contributed by atoms with Crippen molar-refractivity contribution >= 4 is 34.1 Å². The van der Waals surface area contributed by atoms with E-state index in [0.717, 1.165) is 28.9 Å². The molecule has 1 aliphatic carbocycles. The van der Waals surface area contributed by atoms with Gasteiger partial charge in [-0.25, -0.2) is 0 Å². The predicted molar refractivity (Wildman–Crippen MR) is 109 cm³/mol. The Morgan fingerprint density at radius 1 is 1.27 bits per heavy atom.